The first-order valence-electron chi connectivity index (χ1n) is 13.2. The van der Waals surface area contributed by atoms with E-state index in [-0.39, 0.29) is 5.82 Å². The Hall–Kier alpha value is -2.80. The summed E-state index contributed by atoms with van der Waals surface area (Å²) in [6.07, 6.45) is 13.1. The van der Waals surface area contributed by atoms with E-state index < -0.39 is 0 Å². The lowest BCUT2D eigenvalue weighted by Gasteiger charge is -2.23. The molecule has 6 nitrogen and oxygen atoms in total. The van der Waals surface area contributed by atoms with Gasteiger partial charge >= 0.3 is 0 Å². The average Bonchev–Trinajstić information content (AvgIpc) is 3.41. The first kappa shape index (κ1) is 21.5. The summed E-state index contributed by atoms with van der Waals surface area (Å²) in [4.78, 5) is 14.1. The molecule has 7 heteroatoms. The molecule has 182 valence electrons. The van der Waals surface area contributed by atoms with Crippen molar-refractivity contribution in [2.24, 2.45) is 11.8 Å². The van der Waals surface area contributed by atoms with Crippen molar-refractivity contribution in [3.05, 3.63) is 52.9 Å². The van der Waals surface area contributed by atoms with Gasteiger partial charge in [-0.2, -0.15) is 0 Å². The number of nitrogens with one attached hydrogen (secondary N) is 1. The number of halogens is 1. The lowest BCUT2D eigenvalue weighted by atomic mass is 10.0. The molecule has 7 rings (SSSR count). The molecule has 2 atom stereocenters. The van der Waals surface area contributed by atoms with Gasteiger partial charge in [-0.25, -0.2) is 19.3 Å². The smallest absolute Gasteiger partial charge is 0.223 e. The van der Waals surface area contributed by atoms with Crippen LogP contribution in [-0.4, -0.2) is 38.8 Å². The number of hydrogen-bond donors (Lipinski definition) is 1. The molecule has 0 radical (unpaired) electrons. The molecule has 2 aromatic heterocycles. The second-order valence-corrected chi connectivity index (χ2v) is 10.8. The SMILES string of the molecule is Cc1nc2c(F)cc(C3=CCc4nc(NC5CCOCC5)ncc43)cc2n1C1CCC2CC2CC1. The van der Waals surface area contributed by atoms with Gasteiger partial charge in [0.15, 0.2) is 5.82 Å². The number of rotatable bonds is 4. The maximum atomic E-state index is 15.4. The fraction of sp³-hybridized carbons (Fsp3) is 0.536. The number of hydrogen-bond acceptors (Lipinski definition) is 5. The van der Waals surface area contributed by atoms with Crippen LogP contribution in [0.2, 0.25) is 0 Å². The Bertz CT molecular complexity index is 1310. The second kappa shape index (κ2) is 8.40. The highest BCUT2D eigenvalue weighted by molar-refractivity contribution is 5.89. The number of aromatic nitrogens is 4. The molecule has 4 aliphatic rings. The highest BCUT2D eigenvalue weighted by Crippen LogP contribution is 2.50. The molecule has 1 aliphatic heterocycles. The summed E-state index contributed by atoms with van der Waals surface area (Å²) in [5, 5.41) is 3.46. The maximum absolute atomic E-state index is 15.4. The van der Waals surface area contributed by atoms with E-state index in [2.05, 4.69) is 32.0 Å². The van der Waals surface area contributed by atoms with E-state index >= 15 is 4.39 Å². The predicted octanol–water partition coefficient (Wildman–Crippen LogP) is 5.60. The molecule has 1 saturated heterocycles. The minimum Gasteiger partial charge on any atom is -0.381 e. The summed E-state index contributed by atoms with van der Waals surface area (Å²) in [5.74, 6) is 3.20. The summed E-state index contributed by atoms with van der Waals surface area (Å²) < 4.78 is 23.1. The van der Waals surface area contributed by atoms with Gasteiger partial charge in [-0.1, -0.05) is 6.08 Å². The summed E-state index contributed by atoms with van der Waals surface area (Å²) in [5.41, 5.74) is 5.32. The lowest BCUT2D eigenvalue weighted by molar-refractivity contribution is 0.0903. The number of nitrogens with zero attached hydrogens (tertiary/aromatic N) is 4. The van der Waals surface area contributed by atoms with E-state index in [0.717, 1.165) is 78.0 Å². The summed E-state index contributed by atoms with van der Waals surface area (Å²) in [6.45, 7) is 3.58. The number of imidazole rings is 1. The number of ether oxygens (including phenoxy) is 1. The zero-order chi connectivity index (χ0) is 23.5. The topological polar surface area (TPSA) is 64.9 Å². The highest BCUT2D eigenvalue weighted by atomic mass is 19.1. The van der Waals surface area contributed by atoms with Crippen LogP contribution in [0.4, 0.5) is 10.3 Å². The van der Waals surface area contributed by atoms with Crippen molar-refractivity contribution >= 4 is 22.6 Å². The molecule has 1 aromatic carbocycles. The van der Waals surface area contributed by atoms with Gasteiger partial charge in [0.25, 0.3) is 0 Å². The molecule has 35 heavy (non-hydrogen) atoms. The molecular weight excluding hydrogens is 441 g/mol. The van der Waals surface area contributed by atoms with Crippen LogP contribution in [0, 0.1) is 24.6 Å². The van der Waals surface area contributed by atoms with Crippen molar-refractivity contribution in [2.75, 3.05) is 18.5 Å². The van der Waals surface area contributed by atoms with Crippen molar-refractivity contribution < 1.29 is 9.13 Å². The van der Waals surface area contributed by atoms with Crippen LogP contribution in [0.5, 0.6) is 0 Å². The van der Waals surface area contributed by atoms with Crippen LogP contribution in [-0.2, 0) is 11.2 Å². The average molecular weight is 474 g/mol. The third kappa shape index (κ3) is 3.84. The zero-order valence-corrected chi connectivity index (χ0v) is 20.3. The number of aryl methyl sites for hydroxylation is 1. The Kier molecular flexibility index (Phi) is 5.16. The quantitative estimate of drug-likeness (QED) is 0.534. The molecule has 3 aromatic rings. The molecule has 2 unspecified atom stereocenters. The maximum Gasteiger partial charge on any atom is 0.223 e. The Balaban J connectivity index is 1.20. The summed E-state index contributed by atoms with van der Waals surface area (Å²) in [6, 6.07) is 4.54. The minimum atomic E-state index is -0.246. The van der Waals surface area contributed by atoms with Gasteiger partial charge in [-0.3, -0.25) is 0 Å². The Morgan fingerprint density at radius 2 is 1.83 bits per heavy atom. The molecule has 3 heterocycles. The van der Waals surface area contributed by atoms with E-state index in [9.17, 15) is 0 Å². The van der Waals surface area contributed by atoms with Crippen LogP contribution in [0.1, 0.15) is 73.6 Å². The first-order valence-corrected chi connectivity index (χ1v) is 13.2. The zero-order valence-electron chi connectivity index (χ0n) is 20.3. The normalized spacial score (nSPS) is 26.2. The molecule has 3 aliphatic carbocycles. The number of allylic oxidation sites excluding steroid dienone is 1. The van der Waals surface area contributed by atoms with Gasteiger partial charge in [-0.05, 0) is 87.0 Å². The van der Waals surface area contributed by atoms with Gasteiger partial charge < -0.3 is 14.6 Å². The van der Waals surface area contributed by atoms with Gasteiger partial charge in [0.2, 0.25) is 5.95 Å². The Labute approximate surface area is 205 Å². The summed E-state index contributed by atoms with van der Waals surface area (Å²) >= 11 is 0. The molecule has 2 saturated carbocycles. The molecule has 3 fully saturated rings. The van der Waals surface area contributed by atoms with Crippen molar-refractivity contribution in [3.8, 4) is 0 Å². The monoisotopic (exact) mass is 473 g/mol. The third-order valence-electron chi connectivity index (χ3n) is 8.62. The third-order valence-corrected chi connectivity index (χ3v) is 8.62. The van der Waals surface area contributed by atoms with E-state index in [1.54, 1.807) is 6.07 Å². The van der Waals surface area contributed by atoms with Crippen LogP contribution in [0.15, 0.2) is 24.4 Å². The number of benzene rings is 1. The summed E-state index contributed by atoms with van der Waals surface area (Å²) in [7, 11) is 0. The van der Waals surface area contributed by atoms with Gasteiger partial charge in [-0.15, -0.1) is 0 Å². The Morgan fingerprint density at radius 3 is 2.63 bits per heavy atom. The molecular formula is C28H32FN5O. The number of anilines is 1. The van der Waals surface area contributed by atoms with E-state index in [1.165, 1.54) is 32.1 Å². The van der Waals surface area contributed by atoms with E-state index in [0.29, 0.717) is 23.5 Å². The van der Waals surface area contributed by atoms with Gasteiger partial charge in [0, 0.05) is 43.5 Å². The standard InChI is InChI=1S/C28H32FN5O/c1-16-31-27-24(29)13-19(14-26(27)34(16)21-4-2-17-12-18(17)3-5-21)22-6-7-25-23(22)15-30-28(33-25)32-20-8-10-35-11-9-20/h6,13-15,17-18,20-21H,2-5,7-12H2,1H3,(H,30,32,33). The van der Waals surface area contributed by atoms with Gasteiger partial charge in [0.1, 0.15) is 11.3 Å². The number of fused-ring (bicyclic) bond motifs is 3. The molecule has 0 bridgehead atoms. The van der Waals surface area contributed by atoms with Crippen molar-refractivity contribution in [2.45, 2.75) is 70.4 Å². The largest absolute Gasteiger partial charge is 0.381 e. The van der Waals surface area contributed by atoms with Crippen LogP contribution >= 0.6 is 0 Å². The molecule has 0 amide bonds. The van der Waals surface area contributed by atoms with Crippen LogP contribution in [0.3, 0.4) is 0 Å². The fourth-order valence-corrected chi connectivity index (χ4v) is 6.59. The van der Waals surface area contributed by atoms with Crippen LogP contribution in [0.25, 0.3) is 16.6 Å². The van der Waals surface area contributed by atoms with E-state index in [1.807, 2.05) is 13.1 Å². The second-order valence-electron chi connectivity index (χ2n) is 10.8. The van der Waals surface area contributed by atoms with Crippen molar-refractivity contribution in [1.82, 2.24) is 19.5 Å². The van der Waals surface area contributed by atoms with Crippen molar-refractivity contribution in [3.63, 3.8) is 0 Å². The van der Waals surface area contributed by atoms with E-state index in [4.69, 9.17) is 9.72 Å². The molecule has 0 spiro atoms. The van der Waals surface area contributed by atoms with Gasteiger partial charge in [0.05, 0.1) is 11.2 Å². The minimum absolute atomic E-state index is 0.246. The predicted molar refractivity (Wildman–Crippen MR) is 134 cm³/mol. The lowest BCUT2D eigenvalue weighted by Crippen LogP contribution is -2.28. The van der Waals surface area contributed by atoms with Crippen LogP contribution < -0.4 is 5.32 Å². The first-order chi connectivity index (χ1) is 17.1. The fourth-order valence-electron chi connectivity index (χ4n) is 6.59. The molecule has 1 N–H and O–H groups in total. The van der Waals surface area contributed by atoms with Crippen molar-refractivity contribution in [1.29, 1.82) is 0 Å². The Morgan fingerprint density at radius 1 is 1.03 bits per heavy atom. The highest BCUT2D eigenvalue weighted by Gasteiger charge is 2.39.